The molecule has 0 unspecified atom stereocenters. The molecule has 1 aliphatic rings. The van der Waals surface area contributed by atoms with Crippen LogP contribution in [0.15, 0.2) is 61.2 Å². The zero-order valence-corrected chi connectivity index (χ0v) is 19.3. The Bertz CT molecular complexity index is 1180. The van der Waals surface area contributed by atoms with Crippen molar-refractivity contribution in [3.63, 3.8) is 0 Å². The summed E-state index contributed by atoms with van der Waals surface area (Å²) in [4.78, 5) is 11.1. The fourth-order valence-corrected chi connectivity index (χ4v) is 4.35. The number of fused-ring (bicyclic) bond motifs is 1. The molecule has 1 aliphatic heterocycles. The Morgan fingerprint density at radius 1 is 1.09 bits per heavy atom. The van der Waals surface area contributed by atoms with E-state index in [1.54, 1.807) is 12.5 Å². The number of nitrogens with one attached hydrogen (secondary N) is 1. The maximum atomic E-state index is 5.47. The molecule has 0 saturated heterocycles. The fraction of sp³-hybridized carbons (Fsp3) is 0.292. The zero-order valence-electron chi connectivity index (χ0n) is 18.5. The first kappa shape index (κ1) is 21.4. The summed E-state index contributed by atoms with van der Waals surface area (Å²) < 4.78 is 17.2. The van der Waals surface area contributed by atoms with Gasteiger partial charge in [0.2, 0.25) is 17.9 Å². The minimum atomic E-state index is 0.303. The highest BCUT2D eigenvalue weighted by Crippen LogP contribution is 2.32. The van der Waals surface area contributed by atoms with Crippen LogP contribution in [-0.2, 0) is 13.1 Å². The first-order chi connectivity index (χ1) is 16.2. The molecule has 9 heteroatoms. The Labute approximate surface area is 197 Å². The predicted molar refractivity (Wildman–Crippen MR) is 128 cm³/mol. The van der Waals surface area contributed by atoms with Crippen molar-refractivity contribution in [2.75, 3.05) is 24.8 Å². The lowest BCUT2D eigenvalue weighted by Gasteiger charge is -2.21. The highest BCUT2D eigenvalue weighted by atomic mass is 32.1. The van der Waals surface area contributed by atoms with Crippen molar-refractivity contribution in [1.29, 1.82) is 0 Å². The third kappa shape index (κ3) is 5.32. The minimum absolute atomic E-state index is 0.303. The van der Waals surface area contributed by atoms with Crippen LogP contribution in [0, 0.1) is 6.92 Å². The van der Waals surface area contributed by atoms with Crippen molar-refractivity contribution in [1.82, 2.24) is 24.2 Å². The summed E-state index contributed by atoms with van der Waals surface area (Å²) in [7, 11) is 0. The molecule has 0 bridgehead atoms. The summed E-state index contributed by atoms with van der Waals surface area (Å²) in [6.45, 7) is 5.76. The van der Waals surface area contributed by atoms with E-state index in [1.807, 2.05) is 22.9 Å². The van der Waals surface area contributed by atoms with Crippen molar-refractivity contribution in [2.45, 2.75) is 26.4 Å². The number of hydrogen-bond donors (Lipinski definition) is 1. The standard InChI is InChI=1S/C24H26N6O2S/c1-18-3-5-19(6-4-18)15-29(24-27-23(28-33-24)30-12-10-26-16-30)11-2-9-25-14-20-7-8-21-22(13-20)32-17-31-21/h3-8,10,12-13,16,25H,2,9,11,14-15,17H2,1H3. The third-order valence-corrected chi connectivity index (χ3v) is 6.22. The molecule has 0 atom stereocenters. The Kier molecular flexibility index (Phi) is 6.50. The molecule has 2 aromatic carbocycles. The second kappa shape index (κ2) is 10.0. The molecule has 4 aromatic rings. The van der Waals surface area contributed by atoms with Gasteiger partial charge >= 0.3 is 0 Å². The molecular weight excluding hydrogens is 436 g/mol. The molecule has 2 aromatic heterocycles. The fourth-order valence-electron chi connectivity index (χ4n) is 3.65. The zero-order chi connectivity index (χ0) is 22.5. The molecule has 0 aliphatic carbocycles. The Morgan fingerprint density at radius 3 is 2.79 bits per heavy atom. The van der Waals surface area contributed by atoms with E-state index in [4.69, 9.17) is 14.5 Å². The van der Waals surface area contributed by atoms with Crippen LogP contribution in [0.1, 0.15) is 23.1 Å². The van der Waals surface area contributed by atoms with Crippen molar-refractivity contribution >= 4 is 16.7 Å². The summed E-state index contributed by atoms with van der Waals surface area (Å²) in [6.07, 6.45) is 6.29. The average Bonchev–Trinajstić information content (AvgIpc) is 3.60. The highest BCUT2D eigenvalue weighted by molar-refractivity contribution is 7.09. The predicted octanol–water partition coefficient (Wildman–Crippen LogP) is 3.95. The highest BCUT2D eigenvalue weighted by Gasteiger charge is 2.15. The molecule has 33 heavy (non-hydrogen) atoms. The van der Waals surface area contributed by atoms with Crippen molar-refractivity contribution in [3.05, 3.63) is 77.9 Å². The van der Waals surface area contributed by atoms with Crippen LogP contribution in [0.2, 0.25) is 0 Å². The van der Waals surface area contributed by atoms with Crippen LogP contribution in [0.3, 0.4) is 0 Å². The second-order valence-corrected chi connectivity index (χ2v) is 8.70. The first-order valence-corrected chi connectivity index (χ1v) is 11.7. The molecule has 0 fully saturated rings. The molecule has 0 radical (unpaired) electrons. The van der Waals surface area contributed by atoms with Gasteiger partial charge in [0.1, 0.15) is 6.33 Å². The SMILES string of the molecule is Cc1ccc(CN(CCCNCc2ccc3c(c2)OCO3)c2nc(-n3ccnc3)ns2)cc1. The molecule has 1 N–H and O–H groups in total. The van der Waals surface area contributed by atoms with Gasteiger partial charge in [0, 0.05) is 43.6 Å². The third-order valence-electron chi connectivity index (χ3n) is 5.45. The number of nitrogens with zero attached hydrogens (tertiary/aromatic N) is 5. The Balaban J connectivity index is 1.19. The van der Waals surface area contributed by atoms with Gasteiger partial charge < -0.3 is 19.7 Å². The normalized spacial score (nSPS) is 12.3. The van der Waals surface area contributed by atoms with E-state index in [2.05, 4.69) is 56.8 Å². The molecule has 8 nitrogen and oxygen atoms in total. The molecule has 170 valence electrons. The van der Waals surface area contributed by atoms with Crippen LogP contribution >= 0.6 is 11.5 Å². The van der Waals surface area contributed by atoms with Gasteiger partial charge in [0.15, 0.2) is 11.5 Å². The van der Waals surface area contributed by atoms with Crippen LogP contribution in [0.5, 0.6) is 11.5 Å². The van der Waals surface area contributed by atoms with Crippen molar-refractivity contribution in [3.8, 4) is 17.4 Å². The first-order valence-electron chi connectivity index (χ1n) is 11.0. The minimum Gasteiger partial charge on any atom is -0.454 e. The maximum absolute atomic E-state index is 5.47. The molecule has 5 rings (SSSR count). The number of imidazole rings is 1. The average molecular weight is 463 g/mol. The van der Waals surface area contributed by atoms with Gasteiger partial charge in [-0.15, -0.1) is 0 Å². The summed E-state index contributed by atoms with van der Waals surface area (Å²) in [5.41, 5.74) is 3.70. The van der Waals surface area contributed by atoms with E-state index in [9.17, 15) is 0 Å². The topological polar surface area (TPSA) is 77.3 Å². The second-order valence-electron chi connectivity index (χ2n) is 7.97. The van der Waals surface area contributed by atoms with Gasteiger partial charge in [-0.1, -0.05) is 35.9 Å². The number of ether oxygens (including phenoxy) is 2. The van der Waals surface area contributed by atoms with Crippen LogP contribution in [-0.4, -0.2) is 38.8 Å². The lowest BCUT2D eigenvalue weighted by atomic mass is 10.1. The molecular formula is C24H26N6O2S. The molecule has 0 spiro atoms. The van der Waals surface area contributed by atoms with Gasteiger partial charge in [0.25, 0.3) is 0 Å². The smallest absolute Gasteiger partial charge is 0.248 e. The van der Waals surface area contributed by atoms with Gasteiger partial charge in [-0.25, -0.2) is 4.98 Å². The lowest BCUT2D eigenvalue weighted by Crippen LogP contribution is -2.27. The summed E-state index contributed by atoms with van der Waals surface area (Å²) >= 11 is 1.42. The van der Waals surface area contributed by atoms with Crippen LogP contribution < -0.4 is 19.7 Å². The van der Waals surface area contributed by atoms with Gasteiger partial charge in [0.05, 0.1) is 0 Å². The van der Waals surface area contributed by atoms with Crippen molar-refractivity contribution in [2.24, 2.45) is 0 Å². The van der Waals surface area contributed by atoms with E-state index < -0.39 is 0 Å². The largest absolute Gasteiger partial charge is 0.454 e. The van der Waals surface area contributed by atoms with E-state index >= 15 is 0 Å². The number of benzene rings is 2. The molecule has 3 heterocycles. The summed E-state index contributed by atoms with van der Waals surface area (Å²) in [6, 6.07) is 14.7. The Hall–Kier alpha value is -3.43. The quantitative estimate of drug-likeness (QED) is 0.358. The molecule has 0 saturated carbocycles. The Morgan fingerprint density at radius 2 is 1.94 bits per heavy atom. The van der Waals surface area contributed by atoms with Crippen LogP contribution in [0.25, 0.3) is 5.95 Å². The van der Waals surface area contributed by atoms with E-state index in [1.165, 1.54) is 28.2 Å². The van der Waals surface area contributed by atoms with Gasteiger partial charge in [-0.05, 0) is 43.1 Å². The lowest BCUT2D eigenvalue weighted by molar-refractivity contribution is 0.174. The maximum Gasteiger partial charge on any atom is 0.248 e. The van der Waals surface area contributed by atoms with E-state index in [-0.39, 0.29) is 0 Å². The van der Waals surface area contributed by atoms with Crippen LogP contribution in [0.4, 0.5) is 5.13 Å². The number of aryl methyl sites for hydroxylation is 1. The number of aromatic nitrogens is 4. The van der Waals surface area contributed by atoms with Gasteiger partial charge in [-0.3, -0.25) is 4.57 Å². The number of rotatable bonds is 10. The van der Waals surface area contributed by atoms with Gasteiger partial charge in [-0.2, -0.15) is 9.36 Å². The van der Waals surface area contributed by atoms with E-state index in [0.717, 1.165) is 49.2 Å². The number of anilines is 1. The van der Waals surface area contributed by atoms with E-state index in [0.29, 0.717) is 12.7 Å². The summed E-state index contributed by atoms with van der Waals surface area (Å²) in [5.74, 6) is 2.29. The summed E-state index contributed by atoms with van der Waals surface area (Å²) in [5, 5.41) is 4.44. The molecule has 0 amide bonds. The monoisotopic (exact) mass is 462 g/mol. The number of hydrogen-bond acceptors (Lipinski definition) is 8. The van der Waals surface area contributed by atoms with Crippen molar-refractivity contribution < 1.29 is 9.47 Å².